The van der Waals surface area contributed by atoms with Gasteiger partial charge in [0.1, 0.15) is 0 Å². The lowest BCUT2D eigenvalue weighted by atomic mass is 9.90. The standard InChI is InChI=1S/C14H20N2O3/c1-19-13(18)11-5-2-3-6-12(11)16-8-4-7-14(15,9-16)10-17/h2-3,5-6,17H,4,7-10,15H2,1H3. The Kier molecular flexibility index (Phi) is 4.07. The van der Waals surface area contributed by atoms with E-state index in [9.17, 15) is 9.90 Å². The Labute approximate surface area is 113 Å². The number of carbonyl (C=O) groups is 1. The second-order valence-electron chi connectivity index (χ2n) is 5.05. The highest BCUT2D eigenvalue weighted by Gasteiger charge is 2.32. The van der Waals surface area contributed by atoms with E-state index in [1.54, 1.807) is 12.1 Å². The molecule has 1 heterocycles. The summed E-state index contributed by atoms with van der Waals surface area (Å²) in [5.41, 5.74) is 6.89. The number of hydrogen-bond donors (Lipinski definition) is 2. The second-order valence-corrected chi connectivity index (χ2v) is 5.05. The lowest BCUT2D eigenvalue weighted by Crippen LogP contribution is -2.57. The van der Waals surface area contributed by atoms with Crippen molar-refractivity contribution in [1.82, 2.24) is 0 Å². The van der Waals surface area contributed by atoms with Crippen molar-refractivity contribution < 1.29 is 14.6 Å². The van der Waals surface area contributed by atoms with Crippen molar-refractivity contribution in [2.24, 2.45) is 5.73 Å². The number of hydrogen-bond acceptors (Lipinski definition) is 5. The normalized spacial score (nSPS) is 23.2. The summed E-state index contributed by atoms with van der Waals surface area (Å²) in [5, 5.41) is 9.40. The molecule has 5 nitrogen and oxygen atoms in total. The molecular weight excluding hydrogens is 244 g/mol. The van der Waals surface area contributed by atoms with Gasteiger partial charge in [-0.2, -0.15) is 0 Å². The molecule has 1 unspecified atom stereocenters. The topological polar surface area (TPSA) is 75.8 Å². The molecule has 1 atom stereocenters. The Hall–Kier alpha value is -1.59. The van der Waals surface area contributed by atoms with E-state index in [-0.39, 0.29) is 12.6 Å². The summed E-state index contributed by atoms with van der Waals surface area (Å²) < 4.78 is 4.80. The SMILES string of the molecule is COC(=O)c1ccccc1N1CCCC(N)(CO)C1. The number of esters is 1. The molecule has 0 saturated carbocycles. The first kappa shape index (κ1) is 13.8. The van der Waals surface area contributed by atoms with Crippen LogP contribution >= 0.6 is 0 Å². The zero-order chi connectivity index (χ0) is 13.9. The number of anilines is 1. The van der Waals surface area contributed by atoms with Crippen LogP contribution in [0.4, 0.5) is 5.69 Å². The van der Waals surface area contributed by atoms with Crippen molar-refractivity contribution in [3.05, 3.63) is 29.8 Å². The summed E-state index contributed by atoms with van der Waals surface area (Å²) in [5.74, 6) is -0.354. The Morgan fingerprint density at radius 1 is 1.53 bits per heavy atom. The Balaban J connectivity index is 2.29. The first-order chi connectivity index (χ1) is 9.09. The van der Waals surface area contributed by atoms with E-state index in [1.165, 1.54) is 7.11 Å². The fraction of sp³-hybridized carbons (Fsp3) is 0.500. The smallest absolute Gasteiger partial charge is 0.339 e. The van der Waals surface area contributed by atoms with Gasteiger partial charge >= 0.3 is 5.97 Å². The fourth-order valence-electron chi connectivity index (χ4n) is 2.53. The third kappa shape index (κ3) is 2.88. The van der Waals surface area contributed by atoms with Gasteiger partial charge in [-0.1, -0.05) is 12.1 Å². The summed E-state index contributed by atoms with van der Waals surface area (Å²) in [4.78, 5) is 13.8. The molecule has 1 aliphatic heterocycles. The third-order valence-corrected chi connectivity index (χ3v) is 3.57. The van der Waals surface area contributed by atoms with Crippen molar-refractivity contribution in [2.75, 3.05) is 31.7 Å². The summed E-state index contributed by atoms with van der Waals surface area (Å²) in [6, 6.07) is 7.32. The number of carbonyl (C=O) groups excluding carboxylic acids is 1. The maximum Gasteiger partial charge on any atom is 0.339 e. The van der Waals surface area contributed by atoms with Crippen LogP contribution in [0.1, 0.15) is 23.2 Å². The van der Waals surface area contributed by atoms with Gasteiger partial charge in [0.15, 0.2) is 0 Å². The molecular formula is C14H20N2O3. The maximum absolute atomic E-state index is 11.8. The van der Waals surface area contributed by atoms with Crippen LogP contribution in [0.15, 0.2) is 24.3 Å². The molecule has 0 aromatic heterocycles. The quantitative estimate of drug-likeness (QED) is 0.788. The van der Waals surface area contributed by atoms with Gasteiger partial charge < -0.3 is 20.5 Å². The number of methoxy groups -OCH3 is 1. The molecule has 0 bridgehead atoms. The van der Waals surface area contributed by atoms with Crippen molar-refractivity contribution >= 4 is 11.7 Å². The number of aliphatic hydroxyl groups excluding tert-OH is 1. The van der Waals surface area contributed by atoms with Gasteiger partial charge in [-0.3, -0.25) is 0 Å². The van der Waals surface area contributed by atoms with Crippen LogP contribution in [-0.4, -0.2) is 43.4 Å². The Morgan fingerprint density at radius 2 is 2.26 bits per heavy atom. The van der Waals surface area contributed by atoms with E-state index in [4.69, 9.17) is 10.5 Å². The summed E-state index contributed by atoms with van der Waals surface area (Å²) in [6.45, 7) is 1.31. The van der Waals surface area contributed by atoms with Crippen LogP contribution in [0, 0.1) is 0 Å². The van der Waals surface area contributed by atoms with Gasteiger partial charge in [0.25, 0.3) is 0 Å². The molecule has 1 aliphatic rings. The van der Waals surface area contributed by atoms with Crippen molar-refractivity contribution in [1.29, 1.82) is 0 Å². The minimum atomic E-state index is -0.596. The van der Waals surface area contributed by atoms with Gasteiger partial charge in [-0.15, -0.1) is 0 Å². The van der Waals surface area contributed by atoms with E-state index in [2.05, 4.69) is 0 Å². The zero-order valence-electron chi connectivity index (χ0n) is 11.1. The number of nitrogens with zero attached hydrogens (tertiary/aromatic N) is 1. The number of ether oxygens (including phenoxy) is 1. The molecule has 1 fully saturated rings. The number of nitrogens with two attached hydrogens (primary N) is 1. The number of para-hydroxylation sites is 1. The summed E-state index contributed by atoms with van der Waals surface area (Å²) in [7, 11) is 1.37. The van der Waals surface area contributed by atoms with Crippen molar-refractivity contribution in [2.45, 2.75) is 18.4 Å². The summed E-state index contributed by atoms with van der Waals surface area (Å²) in [6.07, 6.45) is 1.69. The first-order valence-electron chi connectivity index (χ1n) is 6.42. The van der Waals surface area contributed by atoms with E-state index < -0.39 is 5.54 Å². The van der Waals surface area contributed by atoms with Gasteiger partial charge in [0.2, 0.25) is 0 Å². The van der Waals surface area contributed by atoms with E-state index in [0.29, 0.717) is 12.1 Å². The van der Waals surface area contributed by atoms with Crippen LogP contribution < -0.4 is 10.6 Å². The second kappa shape index (κ2) is 5.59. The molecule has 0 radical (unpaired) electrons. The molecule has 5 heteroatoms. The van der Waals surface area contributed by atoms with Gasteiger partial charge in [0.05, 0.1) is 30.5 Å². The molecule has 1 aromatic carbocycles. The van der Waals surface area contributed by atoms with Gasteiger partial charge in [-0.25, -0.2) is 4.79 Å². The van der Waals surface area contributed by atoms with E-state index >= 15 is 0 Å². The van der Waals surface area contributed by atoms with Crippen LogP contribution in [0.2, 0.25) is 0 Å². The first-order valence-corrected chi connectivity index (χ1v) is 6.42. The van der Waals surface area contributed by atoms with E-state index in [1.807, 2.05) is 17.0 Å². The Bertz CT molecular complexity index is 464. The number of rotatable bonds is 3. The van der Waals surface area contributed by atoms with Crippen LogP contribution in [0.25, 0.3) is 0 Å². The molecule has 2 rings (SSSR count). The van der Waals surface area contributed by atoms with E-state index in [0.717, 1.165) is 25.1 Å². The lowest BCUT2D eigenvalue weighted by molar-refractivity contribution is 0.0601. The fourth-order valence-corrected chi connectivity index (χ4v) is 2.53. The third-order valence-electron chi connectivity index (χ3n) is 3.57. The van der Waals surface area contributed by atoms with Gasteiger partial charge in [-0.05, 0) is 25.0 Å². The highest BCUT2D eigenvalue weighted by molar-refractivity contribution is 5.95. The van der Waals surface area contributed by atoms with Crippen LogP contribution in [0.3, 0.4) is 0 Å². The average molecular weight is 264 g/mol. The minimum absolute atomic E-state index is 0.0517. The molecule has 0 aliphatic carbocycles. The zero-order valence-corrected chi connectivity index (χ0v) is 11.1. The minimum Gasteiger partial charge on any atom is -0.465 e. The molecule has 0 spiro atoms. The predicted octanol–water partition coefficient (Wildman–Crippen LogP) is 0.763. The highest BCUT2D eigenvalue weighted by Crippen LogP contribution is 2.27. The van der Waals surface area contributed by atoms with Crippen LogP contribution in [-0.2, 0) is 4.74 Å². The Morgan fingerprint density at radius 3 is 2.95 bits per heavy atom. The number of benzene rings is 1. The monoisotopic (exact) mass is 264 g/mol. The maximum atomic E-state index is 11.8. The molecule has 3 N–H and O–H groups in total. The van der Waals surface area contributed by atoms with Crippen LogP contribution in [0.5, 0.6) is 0 Å². The molecule has 1 aromatic rings. The number of piperidine rings is 1. The molecule has 104 valence electrons. The molecule has 1 saturated heterocycles. The summed E-state index contributed by atoms with van der Waals surface area (Å²) >= 11 is 0. The largest absolute Gasteiger partial charge is 0.465 e. The number of aliphatic hydroxyl groups is 1. The highest BCUT2D eigenvalue weighted by atomic mass is 16.5. The lowest BCUT2D eigenvalue weighted by Gasteiger charge is -2.40. The van der Waals surface area contributed by atoms with Crippen molar-refractivity contribution in [3.8, 4) is 0 Å². The molecule has 19 heavy (non-hydrogen) atoms. The average Bonchev–Trinajstić information content (AvgIpc) is 2.46. The predicted molar refractivity (Wildman–Crippen MR) is 73.2 cm³/mol. The van der Waals surface area contributed by atoms with Crippen molar-refractivity contribution in [3.63, 3.8) is 0 Å². The molecule has 0 amide bonds. The van der Waals surface area contributed by atoms with Gasteiger partial charge in [0, 0.05) is 13.1 Å².